The molecule has 3 rings (SSSR count). The highest BCUT2D eigenvalue weighted by Crippen LogP contribution is 2.28. The highest BCUT2D eigenvalue weighted by atomic mass is 15.1. The average Bonchev–Trinajstić information content (AvgIpc) is 2.48. The van der Waals surface area contributed by atoms with Crippen LogP contribution in [-0.2, 0) is 6.42 Å². The Morgan fingerprint density at radius 3 is 2.58 bits per heavy atom. The summed E-state index contributed by atoms with van der Waals surface area (Å²) in [5, 5.41) is 0. The van der Waals surface area contributed by atoms with Crippen LogP contribution in [0.3, 0.4) is 0 Å². The lowest BCUT2D eigenvalue weighted by atomic mass is 10.00. The zero-order valence-electron chi connectivity index (χ0n) is 11.1. The van der Waals surface area contributed by atoms with Crippen molar-refractivity contribution < 1.29 is 0 Å². The molecule has 1 atom stereocenters. The van der Waals surface area contributed by atoms with E-state index in [2.05, 4.69) is 53.4 Å². The molecule has 19 heavy (non-hydrogen) atoms. The molecule has 1 heterocycles. The van der Waals surface area contributed by atoms with E-state index < -0.39 is 0 Å². The fraction of sp³-hybridized carbons (Fsp3) is 0.294. The van der Waals surface area contributed by atoms with Gasteiger partial charge in [-0.05, 0) is 30.0 Å². The molecule has 0 radical (unpaired) electrons. The molecule has 0 amide bonds. The van der Waals surface area contributed by atoms with E-state index in [-0.39, 0.29) is 6.04 Å². The van der Waals surface area contributed by atoms with Crippen molar-refractivity contribution in [3.8, 4) is 0 Å². The summed E-state index contributed by atoms with van der Waals surface area (Å²) >= 11 is 0. The molecular weight excluding hydrogens is 232 g/mol. The molecule has 98 valence electrons. The predicted octanol–water partition coefficient (Wildman–Crippen LogP) is 3.14. The van der Waals surface area contributed by atoms with Gasteiger partial charge in [-0.25, -0.2) is 0 Å². The summed E-state index contributed by atoms with van der Waals surface area (Å²) in [6.07, 6.45) is 2.41. The predicted molar refractivity (Wildman–Crippen MR) is 80.3 cm³/mol. The standard InChI is InChI=1S/C17H20N2/c18-16(14-7-2-1-3-8-14)13-19-12-6-10-15-9-4-5-11-17(15)19/h1-5,7-9,11,16H,6,10,12-13,18H2/t16-/m0/s1. The average molecular weight is 252 g/mol. The van der Waals surface area contributed by atoms with Crippen LogP contribution < -0.4 is 10.6 Å². The molecule has 0 unspecified atom stereocenters. The van der Waals surface area contributed by atoms with Gasteiger partial charge >= 0.3 is 0 Å². The van der Waals surface area contributed by atoms with Crippen molar-refractivity contribution in [3.05, 3.63) is 65.7 Å². The molecule has 0 fully saturated rings. The Morgan fingerprint density at radius 2 is 1.74 bits per heavy atom. The molecule has 0 aromatic heterocycles. The highest BCUT2D eigenvalue weighted by Gasteiger charge is 2.18. The fourth-order valence-corrected chi connectivity index (χ4v) is 2.84. The molecule has 0 bridgehead atoms. The number of hydrogen-bond donors (Lipinski definition) is 1. The second kappa shape index (κ2) is 5.45. The lowest BCUT2D eigenvalue weighted by Gasteiger charge is -2.33. The van der Waals surface area contributed by atoms with Gasteiger partial charge in [0, 0.05) is 24.8 Å². The molecule has 2 aromatic rings. The van der Waals surface area contributed by atoms with Crippen molar-refractivity contribution >= 4 is 5.69 Å². The Balaban J connectivity index is 1.78. The van der Waals surface area contributed by atoms with Crippen LogP contribution in [0.5, 0.6) is 0 Å². The largest absolute Gasteiger partial charge is 0.369 e. The maximum atomic E-state index is 6.34. The minimum Gasteiger partial charge on any atom is -0.369 e. The molecule has 2 N–H and O–H groups in total. The third-order valence-electron chi connectivity index (χ3n) is 3.85. The first-order valence-electron chi connectivity index (χ1n) is 6.98. The van der Waals surface area contributed by atoms with E-state index in [1.54, 1.807) is 0 Å². The molecule has 1 aliphatic heterocycles. The Kier molecular flexibility index (Phi) is 3.51. The van der Waals surface area contributed by atoms with Crippen molar-refractivity contribution in [1.29, 1.82) is 0 Å². The van der Waals surface area contributed by atoms with Crippen LogP contribution in [-0.4, -0.2) is 13.1 Å². The van der Waals surface area contributed by atoms with Gasteiger partial charge in [-0.1, -0.05) is 48.5 Å². The van der Waals surface area contributed by atoms with Gasteiger partial charge in [-0.3, -0.25) is 0 Å². The lowest BCUT2D eigenvalue weighted by molar-refractivity contribution is 0.625. The quantitative estimate of drug-likeness (QED) is 0.909. The maximum Gasteiger partial charge on any atom is 0.0473 e. The lowest BCUT2D eigenvalue weighted by Crippen LogP contribution is -2.35. The maximum absolute atomic E-state index is 6.34. The van der Waals surface area contributed by atoms with E-state index >= 15 is 0 Å². The Hall–Kier alpha value is -1.80. The molecule has 0 spiro atoms. The van der Waals surface area contributed by atoms with Crippen molar-refractivity contribution in [2.45, 2.75) is 18.9 Å². The van der Waals surface area contributed by atoms with E-state index in [4.69, 9.17) is 5.73 Å². The monoisotopic (exact) mass is 252 g/mol. The number of nitrogens with zero attached hydrogens (tertiary/aromatic N) is 1. The van der Waals surface area contributed by atoms with Gasteiger partial charge in [0.2, 0.25) is 0 Å². The normalized spacial score (nSPS) is 15.9. The van der Waals surface area contributed by atoms with Gasteiger partial charge in [-0.2, -0.15) is 0 Å². The zero-order valence-corrected chi connectivity index (χ0v) is 11.1. The molecule has 0 aliphatic carbocycles. The van der Waals surface area contributed by atoms with E-state index in [9.17, 15) is 0 Å². The first kappa shape index (κ1) is 12.2. The Labute approximate surface area is 114 Å². The number of benzene rings is 2. The fourth-order valence-electron chi connectivity index (χ4n) is 2.84. The molecule has 2 nitrogen and oxygen atoms in total. The topological polar surface area (TPSA) is 29.3 Å². The first-order chi connectivity index (χ1) is 9.34. The Morgan fingerprint density at radius 1 is 1.00 bits per heavy atom. The van der Waals surface area contributed by atoms with Crippen LogP contribution in [0.25, 0.3) is 0 Å². The van der Waals surface area contributed by atoms with Gasteiger partial charge in [0.1, 0.15) is 0 Å². The van der Waals surface area contributed by atoms with Crippen LogP contribution in [0.2, 0.25) is 0 Å². The minimum absolute atomic E-state index is 0.0763. The summed E-state index contributed by atoms with van der Waals surface area (Å²) in [4.78, 5) is 2.43. The highest BCUT2D eigenvalue weighted by molar-refractivity contribution is 5.55. The van der Waals surface area contributed by atoms with Gasteiger partial charge < -0.3 is 10.6 Å². The van der Waals surface area contributed by atoms with Crippen molar-refractivity contribution in [2.75, 3.05) is 18.0 Å². The van der Waals surface area contributed by atoms with Crippen LogP contribution in [0.15, 0.2) is 54.6 Å². The second-order valence-corrected chi connectivity index (χ2v) is 5.20. The molecule has 1 aliphatic rings. The molecule has 2 heteroatoms. The number of rotatable bonds is 3. The van der Waals surface area contributed by atoms with E-state index in [1.807, 2.05) is 6.07 Å². The second-order valence-electron chi connectivity index (χ2n) is 5.20. The summed E-state index contributed by atoms with van der Waals surface area (Å²) in [6, 6.07) is 19.1. The molecular formula is C17H20N2. The van der Waals surface area contributed by atoms with Crippen molar-refractivity contribution in [2.24, 2.45) is 5.73 Å². The number of fused-ring (bicyclic) bond motifs is 1. The van der Waals surface area contributed by atoms with Crippen LogP contribution in [0, 0.1) is 0 Å². The van der Waals surface area contributed by atoms with Crippen molar-refractivity contribution in [3.63, 3.8) is 0 Å². The van der Waals surface area contributed by atoms with Crippen LogP contribution in [0.4, 0.5) is 5.69 Å². The summed E-state index contributed by atoms with van der Waals surface area (Å²) in [6.45, 7) is 2.00. The SMILES string of the molecule is N[C@@H](CN1CCCc2ccccc21)c1ccccc1. The van der Waals surface area contributed by atoms with E-state index in [0.29, 0.717) is 0 Å². The number of anilines is 1. The number of nitrogens with two attached hydrogens (primary N) is 1. The van der Waals surface area contributed by atoms with Crippen LogP contribution in [0.1, 0.15) is 23.6 Å². The summed E-state index contributed by atoms with van der Waals surface area (Å²) in [5.41, 5.74) is 10.4. The van der Waals surface area contributed by atoms with Gasteiger partial charge in [0.05, 0.1) is 0 Å². The van der Waals surface area contributed by atoms with Gasteiger partial charge in [0.15, 0.2) is 0 Å². The summed E-state index contributed by atoms with van der Waals surface area (Å²) in [5.74, 6) is 0. The van der Waals surface area contributed by atoms with E-state index in [0.717, 1.165) is 13.1 Å². The number of aryl methyl sites for hydroxylation is 1. The van der Waals surface area contributed by atoms with Gasteiger partial charge in [-0.15, -0.1) is 0 Å². The molecule has 0 saturated heterocycles. The number of hydrogen-bond acceptors (Lipinski definition) is 2. The Bertz CT molecular complexity index is 536. The molecule has 2 aromatic carbocycles. The van der Waals surface area contributed by atoms with Crippen LogP contribution >= 0.6 is 0 Å². The van der Waals surface area contributed by atoms with Crippen molar-refractivity contribution in [1.82, 2.24) is 0 Å². The van der Waals surface area contributed by atoms with Gasteiger partial charge in [0.25, 0.3) is 0 Å². The third kappa shape index (κ3) is 2.64. The minimum atomic E-state index is 0.0763. The number of para-hydroxylation sites is 1. The summed E-state index contributed by atoms with van der Waals surface area (Å²) < 4.78 is 0. The molecule has 0 saturated carbocycles. The third-order valence-corrected chi connectivity index (χ3v) is 3.85. The van der Waals surface area contributed by atoms with E-state index in [1.165, 1.54) is 29.7 Å². The zero-order chi connectivity index (χ0) is 13.1. The first-order valence-corrected chi connectivity index (χ1v) is 6.98. The summed E-state index contributed by atoms with van der Waals surface area (Å²) in [7, 11) is 0. The smallest absolute Gasteiger partial charge is 0.0473 e.